The van der Waals surface area contributed by atoms with E-state index in [1.54, 1.807) is 18.2 Å². The van der Waals surface area contributed by atoms with Crippen LogP contribution in [0.25, 0.3) is 33.4 Å². The Morgan fingerprint density at radius 1 is 0.735 bits per heavy atom. The zero-order valence-corrected chi connectivity index (χ0v) is 19.5. The molecule has 2 saturated heterocycles. The van der Waals surface area contributed by atoms with E-state index in [2.05, 4.69) is 45.9 Å². The van der Waals surface area contributed by atoms with Crippen LogP contribution in [-0.2, 0) is 0 Å². The van der Waals surface area contributed by atoms with Gasteiger partial charge in [-0.25, -0.2) is 4.58 Å². The van der Waals surface area contributed by atoms with Gasteiger partial charge in [-0.15, -0.1) is 0 Å². The van der Waals surface area contributed by atoms with E-state index in [1.165, 1.54) is 38.5 Å². The van der Waals surface area contributed by atoms with Crippen LogP contribution < -0.4 is 14.8 Å². The number of phenols is 2. The lowest BCUT2D eigenvalue weighted by Gasteiger charge is -2.29. The molecule has 0 bridgehead atoms. The largest absolute Gasteiger partial charge is 0.507 e. The monoisotopic (exact) mass is 455 g/mol. The molecular weight excluding hydrogens is 424 g/mol. The van der Waals surface area contributed by atoms with E-state index < -0.39 is 0 Å². The first kappa shape index (κ1) is 21.1. The predicted octanol–water partition coefficient (Wildman–Crippen LogP) is 5.56. The molecule has 0 radical (unpaired) electrons. The van der Waals surface area contributed by atoms with Crippen LogP contribution in [0.15, 0.2) is 59.0 Å². The highest BCUT2D eigenvalue weighted by atomic mass is 16.3. The molecule has 0 aromatic heterocycles. The van der Waals surface area contributed by atoms with Crippen LogP contribution in [0, 0.1) is 0 Å². The van der Waals surface area contributed by atoms with Gasteiger partial charge in [-0.2, -0.15) is 0 Å². The molecule has 34 heavy (non-hydrogen) atoms. The molecule has 2 N–H and O–H groups in total. The number of hydrogen-bond donors (Lipinski definition) is 2. The van der Waals surface area contributed by atoms with E-state index >= 15 is 0 Å². The number of phenolic OH excluding ortho intramolecular Hbond substituents is 2. The van der Waals surface area contributed by atoms with Crippen molar-refractivity contribution < 1.29 is 14.6 Å². The fourth-order valence-corrected chi connectivity index (χ4v) is 5.62. The zero-order valence-electron chi connectivity index (χ0n) is 19.5. The second-order valence-corrected chi connectivity index (χ2v) is 9.60. The lowest BCUT2D eigenvalue weighted by molar-refractivity contribution is 0.451. The van der Waals surface area contributed by atoms with Crippen molar-refractivity contribution in [2.45, 2.75) is 38.5 Å². The maximum Gasteiger partial charge on any atom is 0.203 e. The Morgan fingerprint density at radius 2 is 1.47 bits per heavy atom. The van der Waals surface area contributed by atoms with Crippen molar-refractivity contribution in [2.75, 3.05) is 31.1 Å². The maximum atomic E-state index is 10.8. The third kappa shape index (κ3) is 3.69. The molecule has 4 aliphatic rings. The Balaban J connectivity index is 1.63. The van der Waals surface area contributed by atoms with Gasteiger partial charge in [-0.1, -0.05) is 6.07 Å². The summed E-state index contributed by atoms with van der Waals surface area (Å²) < 4.78 is 8.96. The fourth-order valence-electron chi connectivity index (χ4n) is 5.62. The quantitative estimate of drug-likeness (QED) is 0.307. The minimum Gasteiger partial charge on any atom is -0.507 e. The smallest absolute Gasteiger partial charge is 0.203 e. The average Bonchev–Trinajstić information content (AvgIpc) is 2.88. The first-order chi connectivity index (χ1) is 16.7. The molecule has 0 unspecified atom stereocenters. The summed E-state index contributed by atoms with van der Waals surface area (Å²) in [5.74, 6) is 0.895. The summed E-state index contributed by atoms with van der Waals surface area (Å²) in [5, 5.41) is 23.6. The third-order valence-corrected chi connectivity index (χ3v) is 7.40. The molecule has 0 spiro atoms. The molecule has 2 aromatic carbocycles. The number of benzene rings is 3. The van der Waals surface area contributed by atoms with Gasteiger partial charge in [0.25, 0.3) is 0 Å². The van der Waals surface area contributed by atoms with E-state index in [0.717, 1.165) is 65.1 Å². The molecule has 1 aliphatic carbocycles. The van der Waals surface area contributed by atoms with Gasteiger partial charge in [0.1, 0.15) is 35.9 Å². The summed E-state index contributed by atoms with van der Waals surface area (Å²) in [7, 11) is 0. The number of fused-ring (bicyclic) bond motifs is 2. The van der Waals surface area contributed by atoms with Gasteiger partial charge < -0.3 is 19.5 Å². The molecule has 0 saturated carbocycles. The molecule has 2 aromatic rings. The lowest BCUT2D eigenvalue weighted by Crippen LogP contribution is -2.34. The number of rotatable bonds is 2. The topological polar surface area (TPSA) is 59.9 Å². The Kier molecular flexibility index (Phi) is 5.40. The second-order valence-electron chi connectivity index (χ2n) is 9.60. The van der Waals surface area contributed by atoms with Crippen LogP contribution in [-0.4, -0.2) is 36.4 Å². The number of anilines is 1. The highest BCUT2D eigenvalue weighted by Crippen LogP contribution is 2.47. The summed E-state index contributed by atoms with van der Waals surface area (Å²) in [6.45, 7) is 4.24. The molecule has 3 heterocycles. The summed E-state index contributed by atoms with van der Waals surface area (Å²) in [6, 6.07) is 17.6. The van der Waals surface area contributed by atoms with Crippen molar-refractivity contribution in [1.82, 2.24) is 4.58 Å². The number of piperidine rings is 2. The Labute approximate surface area is 199 Å². The standard InChI is InChI=1S/C29H30N2O3/c32-24-8-7-9-25(33)29(24)28-22-12-10-20(30-14-3-1-4-15-30)18-26(22)34-27-19-21(11-13-23(27)28)31-16-5-2-6-17-31/h7-13,18-19H,1-6,14-17H2,(H,32,33)/p+1. The molecule has 3 aliphatic heterocycles. The molecule has 2 fully saturated rings. The van der Waals surface area contributed by atoms with Crippen LogP contribution in [0.5, 0.6) is 11.5 Å². The van der Waals surface area contributed by atoms with Crippen LogP contribution in [0.1, 0.15) is 38.5 Å². The maximum absolute atomic E-state index is 10.8. The van der Waals surface area contributed by atoms with Gasteiger partial charge in [-0.3, -0.25) is 0 Å². The highest BCUT2D eigenvalue weighted by molar-refractivity contribution is 6.05. The molecule has 6 rings (SSSR count). The molecule has 174 valence electrons. The van der Waals surface area contributed by atoms with E-state index in [9.17, 15) is 10.2 Å². The van der Waals surface area contributed by atoms with E-state index in [0.29, 0.717) is 5.56 Å². The van der Waals surface area contributed by atoms with Crippen LogP contribution in [0.2, 0.25) is 0 Å². The summed E-state index contributed by atoms with van der Waals surface area (Å²) >= 11 is 0. The summed E-state index contributed by atoms with van der Waals surface area (Å²) in [4.78, 5) is 2.42. The SMILES string of the molecule is Oc1cccc(O)c1-c1c2ccc(=[N+]3CCCCC3)cc-2oc2cc(N3CCCCC3)ccc12. The lowest BCUT2D eigenvalue weighted by atomic mass is 9.92. The Morgan fingerprint density at radius 3 is 2.24 bits per heavy atom. The normalized spacial score (nSPS) is 16.9. The molecule has 0 amide bonds. The predicted molar refractivity (Wildman–Crippen MR) is 137 cm³/mol. The van der Waals surface area contributed by atoms with Crippen LogP contribution in [0.3, 0.4) is 0 Å². The highest BCUT2D eigenvalue weighted by Gasteiger charge is 2.24. The van der Waals surface area contributed by atoms with Crippen molar-refractivity contribution >= 4 is 16.7 Å². The van der Waals surface area contributed by atoms with Crippen LogP contribution >= 0.6 is 0 Å². The van der Waals surface area contributed by atoms with Crippen LogP contribution in [0.4, 0.5) is 5.69 Å². The van der Waals surface area contributed by atoms with E-state index in [4.69, 9.17) is 4.42 Å². The van der Waals surface area contributed by atoms with Crippen molar-refractivity contribution in [2.24, 2.45) is 0 Å². The van der Waals surface area contributed by atoms with Crippen molar-refractivity contribution in [3.63, 3.8) is 0 Å². The number of nitrogens with zero attached hydrogens (tertiary/aromatic N) is 2. The van der Waals surface area contributed by atoms with E-state index in [-0.39, 0.29) is 11.5 Å². The van der Waals surface area contributed by atoms with Gasteiger partial charge in [0.2, 0.25) is 5.36 Å². The second kappa shape index (κ2) is 8.71. The van der Waals surface area contributed by atoms with Gasteiger partial charge >= 0.3 is 0 Å². The molecule has 5 nitrogen and oxygen atoms in total. The number of aromatic hydroxyl groups is 2. The number of hydrogen-bond acceptors (Lipinski definition) is 4. The Hall–Kier alpha value is -3.47. The minimum atomic E-state index is 0.0639. The Bertz CT molecular complexity index is 1370. The summed E-state index contributed by atoms with van der Waals surface area (Å²) in [6.07, 6.45) is 7.42. The molecule has 0 atom stereocenters. The minimum absolute atomic E-state index is 0.0639. The first-order valence-corrected chi connectivity index (χ1v) is 12.5. The van der Waals surface area contributed by atoms with Gasteiger partial charge in [0, 0.05) is 60.3 Å². The van der Waals surface area contributed by atoms with Gasteiger partial charge in [0.05, 0.1) is 11.6 Å². The van der Waals surface area contributed by atoms with Gasteiger partial charge in [-0.05, 0) is 56.0 Å². The fraction of sp³-hybridized carbons (Fsp3) is 0.345. The van der Waals surface area contributed by atoms with Crippen molar-refractivity contribution in [1.29, 1.82) is 0 Å². The van der Waals surface area contributed by atoms with Crippen molar-refractivity contribution in [3.8, 4) is 33.9 Å². The summed E-state index contributed by atoms with van der Waals surface area (Å²) in [5.41, 5.74) is 4.07. The van der Waals surface area contributed by atoms with Gasteiger partial charge in [0.15, 0.2) is 0 Å². The zero-order chi connectivity index (χ0) is 23.1. The van der Waals surface area contributed by atoms with Crippen molar-refractivity contribution in [3.05, 3.63) is 60.0 Å². The average molecular weight is 456 g/mol. The third-order valence-electron chi connectivity index (χ3n) is 7.40. The van der Waals surface area contributed by atoms with E-state index in [1.807, 2.05) is 0 Å². The molecular formula is C29H31N2O3+. The first-order valence-electron chi connectivity index (χ1n) is 12.5. The molecule has 5 heteroatoms.